The molecule has 0 amide bonds. The lowest BCUT2D eigenvalue weighted by Crippen LogP contribution is -2.36. The van der Waals surface area contributed by atoms with Crippen molar-refractivity contribution < 1.29 is 23.0 Å². The number of carbonyl (C=O) groups is 1. The van der Waals surface area contributed by atoms with E-state index in [0.29, 0.717) is 5.56 Å². The van der Waals surface area contributed by atoms with Gasteiger partial charge in [-0.1, -0.05) is 58.4 Å². The maximum absolute atomic E-state index is 14.3. The summed E-state index contributed by atoms with van der Waals surface area (Å²) in [5.41, 5.74) is 0.299. The summed E-state index contributed by atoms with van der Waals surface area (Å²) in [5.74, 6) is -3.59. The first kappa shape index (κ1) is 21.5. The average molecular weight is 441 g/mol. The van der Waals surface area contributed by atoms with Gasteiger partial charge in [0, 0.05) is 10.9 Å². The van der Waals surface area contributed by atoms with Crippen LogP contribution in [0.3, 0.4) is 0 Å². The van der Waals surface area contributed by atoms with E-state index in [-0.39, 0.29) is 13.0 Å². The summed E-state index contributed by atoms with van der Waals surface area (Å²) in [5, 5.41) is 0. The highest BCUT2D eigenvalue weighted by atomic mass is 79.9. The summed E-state index contributed by atoms with van der Waals surface area (Å²) >= 11 is 3.35. The van der Waals surface area contributed by atoms with Gasteiger partial charge in [0.15, 0.2) is 0 Å². The van der Waals surface area contributed by atoms with Gasteiger partial charge >= 0.3 is 5.97 Å². The van der Waals surface area contributed by atoms with Crippen LogP contribution in [-0.4, -0.2) is 25.6 Å². The van der Waals surface area contributed by atoms with Crippen molar-refractivity contribution in [2.24, 2.45) is 0 Å². The number of hydrogen-bond acceptors (Lipinski definition) is 3. The Bertz CT molecular complexity index is 752. The zero-order valence-electron chi connectivity index (χ0n) is 15.4. The molecule has 6 heteroatoms. The Hall–Kier alpha value is -1.79. The van der Waals surface area contributed by atoms with Crippen LogP contribution in [0.15, 0.2) is 59.1 Å². The Morgan fingerprint density at radius 3 is 2.41 bits per heavy atom. The molecule has 0 aromatic heterocycles. The van der Waals surface area contributed by atoms with Crippen LogP contribution in [0.25, 0.3) is 0 Å². The number of methoxy groups -OCH3 is 1. The largest absolute Gasteiger partial charge is 0.468 e. The number of hydrogen-bond donors (Lipinski definition) is 0. The first-order valence-electron chi connectivity index (χ1n) is 8.61. The predicted molar refractivity (Wildman–Crippen MR) is 104 cm³/mol. The summed E-state index contributed by atoms with van der Waals surface area (Å²) in [6, 6.07) is 16.2. The highest BCUT2D eigenvalue weighted by Crippen LogP contribution is 2.35. The minimum atomic E-state index is -3.05. The van der Waals surface area contributed by atoms with E-state index >= 15 is 0 Å². The topological polar surface area (TPSA) is 35.5 Å². The van der Waals surface area contributed by atoms with E-state index in [0.717, 1.165) is 10.0 Å². The third-order valence-electron chi connectivity index (χ3n) is 4.51. The maximum Gasteiger partial charge on any atom is 0.315 e. The number of carbonyl (C=O) groups excluding carboxylic acids is 1. The van der Waals surface area contributed by atoms with Crippen molar-refractivity contribution in [1.82, 2.24) is 0 Å². The van der Waals surface area contributed by atoms with Crippen molar-refractivity contribution in [3.63, 3.8) is 0 Å². The second kappa shape index (κ2) is 9.42. The summed E-state index contributed by atoms with van der Waals surface area (Å²) < 4.78 is 39.5. The van der Waals surface area contributed by atoms with Crippen LogP contribution in [0.5, 0.6) is 0 Å². The van der Waals surface area contributed by atoms with E-state index in [9.17, 15) is 13.6 Å². The third-order valence-corrected chi connectivity index (χ3v) is 5.01. The third kappa shape index (κ3) is 6.11. The molecule has 3 nitrogen and oxygen atoms in total. The molecule has 2 aromatic carbocycles. The lowest BCUT2D eigenvalue weighted by Gasteiger charge is -2.29. The Balaban J connectivity index is 2.01. The lowest BCUT2D eigenvalue weighted by atomic mass is 9.78. The Morgan fingerprint density at radius 1 is 1.07 bits per heavy atom. The highest BCUT2D eigenvalue weighted by molar-refractivity contribution is 9.10. The van der Waals surface area contributed by atoms with E-state index in [4.69, 9.17) is 9.47 Å². The summed E-state index contributed by atoms with van der Waals surface area (Å²) in [6.45, 7) is 1.05. The van der Waals surface area contributed by atoms with Gasteiger partial charge in [0.2, 0.25) is 0 Å². The quantitative estimate of drug-likeness (QED) is 0.482. The normalized spacial score (nSPS) is 13.8. The van der Waals surface area contributed by atoms with Crippen molar-refractivity contribution in [3.8, 4) is 0 Å². The fraction of sp³-hybridized carbons (Fsp3) is 0.381. The molecule has 0 fully saturated rings. The molecule has 2 rings (SSSR count). The predicted octanol–water partition coefficient (Wildman–Crippen LogP) is 5.51. The van der Waals surface area contributed by atoms with Crippen molar-refractivity contribution in [1.29, 1.82) is 0 Å². The monoisotopic (exact) mass is 440 g/mol. The van der Waals surface area contributed by atoms with Gasteiger partial charge in [-0.3, -0.25) is 4.79 Å². The summed E-state index contributed by atoms with van der Waals surface area (Å²) in [6.07, 6.45) is -0.544. The van der Waals surface area contributed by atoms with E-state index in [1.807, 2.05) is 36.4 Å². The van der Waals surface area contributed by atoms with Crippen LogP contribution in [0.2, 0.25) is 0 Å². The van der Waals surface area contributed by atoms with Crippen LogP contribution in [0.1, 0.15) is 30.9 Å². The Labute approximate surface area is 166 Å². The average Bonchev–Trinajstić information content (AvgIpc) is 2.66. The minimum absolute atomic E-state index is 0.0577. The summed E-state index contributed by atoms with van der Waals surface area (Å²) in [7, 11) is 1.26. The number of halogens is 3. The van der Waals surface area contributed by atoms with E-state index in [1.54, 1.807) is 25.1 Å². The standard InChI is InChI=1S/C21H23BrF2O3/c1-20(19(25)26-2,17-9-6-10-18(22)13-17)11-12-21(23,24)15-27-14-16-7-4-3-5-8-16/h3-10,13H,11-12,14-15H2,1-2H3. The van der Waals surface area contributed by atoms with Crippen LogP contribution in [-0.2, 0) is 26.3 Å². The summed E-state index contributed by atoms with van der Waals surface area (Å²) in [4.78, 5) is 12.3. The molecule has 0 heterocycles. The molecule has 2 aromatic rings. The van der Waals surface area contributed by atoms with Crippen LogP contribution < -0.4 is 0 Å². The lowest BCUT2D eigenvalue weighted by molar-refractivity contribution is -0.148. The van der Waals surface area contributed by atoms with Gasteiger partial charge in [-0.05, 0) is 36.6 Å². The van der Waals surface area contributed by atoms with E-state index in [1.165, 1.54) is 7.11 Å². The van der Waals surface area contributed by atoms with Crippen molar-refractivity contribution in [2.45, 2.75) is 37.7 Å². The van der Waals surface area contributed by atoms with Crippen LogP contribution in [0.4, 0.5) is 8.78 Å². The molecule has 27 heavy (non-hydrogen) atoms. The molecule has 0 saturated heterocycles. The zero-order chi connectivity index (χ0) is 19.9. The number of ether oxygens (including phenoxy) is 2. The second-order valence-electron chi connectivity index (χ2n) is 6.67. The van der Waals surface area contributed by atoms with Gasteiger partial charge in [-0.15, -0.1) is 0 Å². The molecule has 0 saturated carbocycles. The molecular formula is C21H23BrF2O3. The first-order valence-corrected chi connectivity index (χ1v) is 9.40. The number of benzene rings is 2. The van der Waals surface area contributed by atoms with Crippen LogP contribution in [0, 0.1) is 0 Å². The number of esters is 1. The van der Waals surface area contributed by atoms with Crippen molar-refractivity contribution >= 4 is 21.9 Å². The Kier molecular flexibility index (Phi) is 7.50. The van der Waals surface area contributed by atoms with Gasteiger partial charge in [0.1, 0.15) is 6.61 Å². The molecule has 1 unspecified atom stereocenters. The maximum atomic E-state index is 14.3. The fourth-order valence-corrected chi connectivity index (χ4v) is 3.22. The van der Waals surface area contributed by atoms with E-state index < -0.39 is 30.3 Å². The van der Waals surface area contributed by atoms with Gasteiger partial charge in [-0.25, -0.2) is 8.78 Å². The fourth-order valence-electron chi connectivity index (χ4n) is 2.82. The van der Waals surface area contributed by atoms with Gasteiger partial charge in [0.05, 0.1) is 19.1 Å². The Morgan fingerprint density at radius 2 is 1.78 bits per heavy atom. The highest BCUT2D eigenvalue weighted by Gasteiger charge is 2.40. The number of rotatable bonds is 9. The van der Waals surface area contributed by atoms with Gasteiger partial charge < -0.3 is 9.47 Å². The van der Waals surface area contributed by atoms with E-state index in [2.05, 4.69) is 15.9 Å². The molecule has 0 aliphatic heterocycles. The first-order chi connectivity index (χ1) is 12.8. The molecule has 0 radical (unpaired) electrons. The molecule has 0 aliphatic carbocycles. The minimum Gasteiger partial charge on any atom is -0.468 e. The molecule has 0 spiro atoms. The van der Waals surface area contributed by atoms with Gasteiger partial charge in [-0.2, -0.15) is 0 Å². The second-order valence-corrected chi connectivity index (χ2v) is 7.58. The number of alkyl halides is 2. The van der Waals surface area contributed by atoms with Crippen molar-refractivity contribution in [3.05, 3.63) is 70.2 Å². The molecule has 0 N–H and O–H groups in total. The molecular weight excluding hydrogens is 418 g/mol. The smallest absolute Gasteiger partial charge is 0.315 e. The molecule has 1 atom stereocenters. The zero-order valence-corrected chi connectivity index (χ0v) is 17.0. The SMILES string of the molecule is COC(=O)C(C)(CCC(F)(F)COCc1ccccc1)c1cccc(Br)c1. The molecule has 0 aliphatic rings. The molecule has 146 valence electrons. The van der Waals surface area contributed by atoms with Crippen molar-refractivity contribution in [2.75, 3.05) is 13.7 Å². The van der Waals surface area contributed by atoms with Gasteiger partial charge in [0.25, 0.3) is 5.92 Å². The molecule has 0 bridgehead atoms. The van der Waals surface area contributed by atoms with Crippen LogP contribution >= 0.6 is 15.9 Å².